The number of aryl methyl sites for hydroxylation is 4. The van der Waals surface area contributed by atoms with Crippen LogP contribution >= 0.6 is 0 Å². The van der Waals surface area contributed by atoms with Crippen LogP contribution in [0.1, 0.15) is 144 Å². The summed E-state index contributed by atoms with van der Waals surface area (Å²) >= 11 is 0. The second-order valence-corrected chi connectivity index (χ2v) is 33.6. The quantitative estimate of drug-likeness (QED) is 0.170. The lowest BCUT2D eigenvalue weighted by atomic mass is 9.48. The average Bonchev–Trinajstić information content (AvgIpc) is 0.962. The summed E-state index contributed by atoms with van der Waals surface area (Å²) < 4.78 is 0. The van der Waals surface area contributed by atoms with Crippen molar-refractivity contribution in [2.75, 3.05) is 47.8 Å². The van der Waals surface area contributed by atoms with Crippen molar-refractivity contribution in [2.24, 2.45) is 23.7 Å². The van der Waals surface area contributed by atoms with Gasteiger partial charge in [0, 0.05) is 106 Å². The second kappa shape index (κ2) is 28.5. The van der Waals surface area contributed by atoms with Crippen molar-refractivity contribution in [3.63, 3.8) is 0 Å². The van der Waals surface area contributed by atoms with E-state index in [0.29, 0.717) is 11.3 Å². The number of hydrogen-bond donors (Lipinski definition) is 0. The molecule has 0 radical (unpaired) electrons. The van der Waals surface area contributed by atoms with Gasteiger partial charge in [-0.15, -0.1) is 0 Å². The molecule has 552 valence electrons. The number of rotatable bonds is 5. The third-order valence-corrected chi connectivity index (χ3v) is 26.6. The van der Waals surface area contributed by atoms with E-state index in [-0.39, 0.29) is 0 Å². The fraction of sp³-hybridized carbons (Fsp3) is 0.222. The molecule has 4 heteroatoms. The van der Waals surface area contributed by atoms with Gasteiger partial charge < -0.3 is 19.6 Å². The summed E-state index contributed by atoms with van der Waals surface area (Å²) in [6.45, 7) is 13.6. The maximum atomic E-state index is 2.55. The van der Waals surface area contributed by atoms with Gasteiger partial charge in [0.15, 0.2) is 0 Å². The van der Waals surface area contributed by atoms with E-state index in [0.717, 1.165) is 37.0 Å². The van der Waals surface area contributed by atoms with Crippen molar-refractivity contribution >= 4 is 170 Å². The van der Waals surface area contributed by atoms with Crippen molar-refractivity contribution < 1.29 is 0 Å². The topological polar surface area (TPSA) is 13.0 Å². The predicted molar refractivity (Wildman–Crippen MR) is 489 cm³/mol. The van der Waals surface area contributed by atoms with E-state index in [9.17, 15) is 0 Å². The van der Waals surface area contributed by atoms with Crippen LogP contribution in [0, 0.1) is 37.5 Å². The Hall–Kier alpha value is -11.7. The summed E-state index contributed by atoms with van der Waals surface area (Å²) in [6.07, 6.45) is 30.6. The van der Waals surface area contributed by atoms with Gasteiger partial charge in [-0.3, -0.25) is 0 Å². The zero-order chi connectivity index (χ0) is 76.2. The van der Waals surface area contributed by atoms with Crippen LogP contribution < -0.4 is 19.6 Å². The summed E-state index contributed by atoms with van der Waals surface area (Å²) in [5.41, 5.74) is 30.0. The highest BCUT2D eigenvalue weighted by Gasteiger charge is 2.52. The van der Waals surface area contributed by atoms with Crippen LogP contribution in [0.4, 0.5) is 45.5 Å². The lowest BCUT2D eigenvalue weighted by Gasteiger charge is -2.57. The van der Waals surface area contributed by atoms with Crippen LogP contribution in [0.2, 0.25) is 0 Å². The molecule has 4 aliphatic carbocycles. The Morgan fingerprint density at radius 2 is 0.688 bits per heavy atom. The maximum absolute atomic E-state index is 2.55. The fourth-order valence-corrected chi connectivity index (χ4v) is 21.5. The summed E-state index contributed by atoms with van der Waals surface area (Å²) in [6, 6.07) is 89.4. The molecule has 4 bridgehead atoms. The van der Waals surface area contributed by atoms with Crippen molar-refractivity contribution in [3.8, 4) is 0 Å². The van der Waals surface area contributed by atoms with E-state index >= 15 is 0 Å². The van der Waals surface area contributed by atoms with Gasteiger partial charge in [0.25, 0.3) is 0 Å². The minimum atomic E-state index is 0.460. The van der Waals surface area contributed by atoms with Crippen molar-refractivity contribution in [2.45, 2.75) is 105 Å². The molecule has 23 rings (SSSR count). The standard InChI is InChI=1S/C29H29N.2C27H25N.C25H21N/c1-30-27-11-8-24(29-16-19-12-20(17-29)14-21(13-19)18-29)15-23(27)6-9-26-25-5-3-2-4-22(25)7-10-28(26)30;1-18(2)16-22-17-21-9-5-7-11-24(21)27-25(22)15-14-20-13-12-19-8-4-6-10-23(19)26(20)28(27)3;1-4-18-16-26-24(22-12-8-6-10-20(18)22)14-15-25-23-13-9-7-11-21(23)19(5-2)17-27(25)28(26)3;1-16-20-10-6-4-8-18(20)14-24-22(16)12-13-23-17(2)21-11-7-5-9-19(21)15-25(23)26(24)3/h2-11,15,19-21H,12-14,16-18H2,1H3;4-15,17-18H,16H2,1-3H3;6-17H,4-5H2,1-3H3;4-15H,1-3H3. The molecule has 4 heterocycles. The first-order chi connectivity index (χ1) is 54.7. The molecule has 0 spiro atoms. The SMILES string of the molecule is CC(C)Cc1cc2ccccc2c2c1C=Cc1ccc3ccccc3c1N2C.CCc1cc2c(c3ccccc13)C=Cc1c(cc(CC)c3ccccc13)N2C.CN1c2ccc(C34CC5CC(CC(C5)C3)C4)cc2C=Cc2c1ccc1ccccc21.Cc1c2c(cc3ccccc13)N(C)c1cc3ccccc3c(C)c1C=C2. The fourth-order valence-electron chi connectivity index (χ4n) is 21.5. The Morgan fingerprint density at radius 3 is 1.21 bits per heavy atom. The van der Waals surface area contributed by atoms with Gasteiger partial charge >= 0.3 is 0 Å². The summed E-state index contributed by atoms with van der Waals surface area (Å²) in [5, 5.41) is 18.6. The lowest BCUT2D eigenvalue weighted by molar-refractivity contribution is -0.00519. The Balaban J connectivity index is 0.000000101. The van der Waals surface area contributed by atoms with Crippen LogP contribution in [0.15, 0.2) is 243 Å². The maximum Gasteiger partial charge on any atom is 0.0564 e. The van der Waals surface area contributed by atoms with E-state index in [1.165, 1.54) is 232 Å². The molecule has 8 aliphatic rings. The second-order valence-electron chi connectivity index (χ2n) is 33.6. The number of nitrogens with zero attached hydrogens (tertiary/aromatic N) is 4. The summed E-state index contributed by atoms with van der Waals surface area (Å²) in [4.78, 5) is 9.55. The zero-order valence-corrected chi connectivity index (χ0v) is 66.7. The van der Waals surface area contributed by atoms with Crippen molar-refractivity contribution in [1.82, 2.24) is 0 Å². The molecule has 4 aliphatic heterocycles. The molecule has 15 aromatic rings. The molecule has 0 unspecified atom stereocenters. The molecule has 4 fully saturated rings. The van der Waals surface area contributed by atoms with Crippen LogP contribution in [0.5, 0.6) is 0 Å². The van der Waals surface area contributed by atoms with E-state index in [2.05, 4.69) is 381 Å². The van der Waals surface area contributed by atoms with E-state index in [1.807, 2.05) is 0 Å². The average molecular weight is 1450 g/mol. The van der Waals surface area contributed by atoms with Crippen LogP contribution in [-0.2, 0) is 24.7 Å². The first kappa shape index (κ1) is 70.7. The molecule has 0 aromatic heterocycles. The zero-order valence-electron chi connectivity index (χ0n) is 66.7. The molecule has 0 amide bonds. The minimum Gasteiger partial charge on any atom is -0.344 e. The molecule has 0 atom stereocenters. The number of benzene rings is 15. The van der Waals surface area contributed by atoms with Gasteiger partial charge in [0.2, 0.25) is 0 Å². The normalized spacial score (nSPS) is 17.8. The first-order valence-electron chi connectivity index (χ1n) is 41.2. The van der Waals surface area contributed by atoms with Crippen molar-refractivity contribution in [3.05, 3.63) is 321 Å². The molecule has 112 heavy (non-hydrogen) atoms. The molecule has 15 aromatic carbocycles. The first-order valence-corrected chi connectivity index (χ1v) is 41.2. The summed E-state index contributed by atoms with van der Waals surface area (Å²) in [5.74, 6) is 3.59. The molecular weight excluding hydrogens is 1350 g/mol. The molecule has 0 N–H and O–H groups in total. The summed E-state index contributed by atoms with van der Waals surface area (Å²) in [7, 11) is 8.85. The third-order valence-electron chi connectivity index (χ3n) is 26.6. The highest BCUT2D eigenvalue weighted by Crippen LogP contribution is 2.61. The number of anilines is 8. The molecule has 4 nitrogen and oxygen atoms in total. The number of hydrogen-bond acceptors (Lipinski definition) is 4. The van der Waals surface area contributed by atoms with Gasteiger partial charge in [0.1, 0.15) is 0 Å². The van der Waals surface area contributed by atoms with Gasteiger partial charge in [-0.05, 0) is 252 Å². The Labute approximate surface area is 662 Å². The highest BCUT2D eigenvalue weighted by molar-refractivity contribution is 6.12. The van der Waals surface area contributed by atoms with Crippen molar-refractivity contribution in [1.29, 1.82) is 0 Å². The minimum absolute atomic E-state index is 0.460. The lowest BCUT2D eigenvalue weighted by Crippen LogP contribution is -2.48. The molecule has 4 saturated carbocycles. The predicted octanol–water partition coefficient (Wildman–Crippen LogP) is 29.2. The Morgan fingerprint density at radius 1 is 0.304 bits per heavy atom. The molecular formula is C108H100N4. The van der Waals surface area contributed by atoms with Gasteiger partial charge in [-0.25, -0.2) is 0 Å². The van der Waals surface area contributed by atoms with Crippen LogP contribution in [0.3, 0.4) is 0 Å². The molecule has 0 saturated heterocycles. The third kappa shape index (κ3) is 12.1. The highest BCUT2D eigenvalue weighted by atomic mass is 15.1. The van der Waals surface area contributed by atoms with Gasteiger partial charge in [-0.1, -0.05) is 276 Å². The van der Waals surface area contributed by atoms with Crippen LogP contribution in [0.25, 0.3) is 124 Å². The van der Waals surface area contributed by atoms with Gasteiger partial charge in [-0.2, -0.15) is 0 Å². The monoisotopic (exact) mass is 1450 g/mol. The Kier molecular flexibility index (Phi) is 18.0. The number of fused-ring (bicyclic) bond motifs is 20. The van der Waals surface area contributed by atoms with E-state index < -0.39 is 0 Å². The largest absolute Gasteiger partial charge is 0.344 e. The Bertz CT molecular complexity index is 6220. The van der Waals surface area contributed by atoms with E-state index in [1.54, 1.807) is 5.56 Å². The van der Waals surface area contributed by atoms with E-state index in [4.69, 9.17) is 0 Å². The smallest absolute Gasteiger partial charge is 0.0564 e. The van der Waals surface area contributed by atoms with Gasteiger partial charge in [0.05, 0.1) is 11.4 Å². The van der Waals surface area contributed by atoms with Crippen LogP contribution in [-0.4, -0.2) is 28.2 Å².